The van der Waals surface area contributed by atoms with Gasteiger partial charge in [0.25, 0.3) is 0 Å². The summed E-state index contributed by atoms with van der Waals surface area (Å²) in [5, 5.41) is 5.91. The fraction of sp³-hybridized carbons (Fsp3) is 0.258. The van der Waals surface area contributed by atoms with Gasteiger partial charge >= 0.3 is 11.9 Å². The zero-order valence-corrected chi connectivity index (χ0v) is 22.6. The van der Waals surface area contributed by atoms with Crippen molar-refractivity contribution in [1.82, 2.24) is 10.3 Å². The molecule has 2 heterocycles. The minimum atomic E-state index is -1.50. The maximum atomic E-state index is 13.3. The summed E-state index contributed by atoms with van der Waals surface area (Å²) in [6, 6.07) is 18.0. The fourth-order valence-electron chi connectivity index (χ4n) is 4.31. The van der Waals surface area contributed by atoms with Gasteiger partial charge in [0.05, 0.1) is 32.0 Å². The lowest BCUT2D eigenvalue weighted by Crippen LogP contribution is -2.42. The lowest BCUT2D eigenvalue weighted by atomic mass is 9.95. The number of esters is 2. The van der Waals surface area contributed by atoms with E-state index < -0.39 is 29.4 Å². The summed E-state index contributed by atoms with van der Waals surface area (Å²) < 4.78 is 23.9. The van der Waals surface area contributed by atoms with Crippen LogP contribution in [0, 0.1) is 5.82 Å². The van der Waals surface area contributed by atoms with Crippen LogP contribution < -0.4 is 10.6 Å². The molecule has 0 aliphatic carbocycles. The van der Waals surface area contributed by atoms with E-state index in [2.05, 4.69) is 20.6 Å². The summed E-state index contributed by atoms with van der Waals surface area (Å²) in [6.45, 7) is 2.28. The quantitative estimate of drug-likeness (QED) is 0.235. The molecule has 1 aromatic heterocycles. The monoisotopic (exact) mass is 558 g/mol. The molecule has 2 aromatic carbocycles. The van der Waals surface area contributed by atoms with Crippen molar-refractivity contribution in [2.75, 3.05) is 25.1 Å². The third-order valence-corrected chi connectivity index (χ3v) is 6.35. The zero-order chi connectivity index (χ0) is 29.1. The number of benzene rings is 2. The molecule has 2 N–H and O–H groups in total. The van der Waals surface area contributed by atoms with Crippen LogP contribution in [0.3, 0.4) is 0 Å². The van der Waals surface area contributed by atoms with E-state index in [0.717, 1.165) is 11.1 Å². The number of ether oxygens (including phenoxy) is 2. The van der Waals surface area contributed by atoms with Crippen molar-refractivity contribution in [2.24, 2.45) is 4.99 Å². The smallest absolute Gasteiger partial charge is 0.338 e. The largest absolute Gasteiger partial charge is 0.466 e. The first kappa shape index (κ1) is 29.1. The molecule has 0 fully saturated rings. The van der Waals surface area contributed by atoms with E-state index in [4.69, 9.17) is 9.47 Å². The Bertz CT molecular complexity index is 1380. The molecule has 0 radical (unpaired) electrons. The van der Waals surface area contributed by atoms with Gasteiger partial charge in [0.15, 0.2) is 5.54 Å². The van der Waals surface area contributed by atoms with Crippen LogP contribution in [0.2, 0.25) is 0 Å². The Kier molecular flexibility index (Phi) is 9.93. The highest BCUT2D eigenvalue weighted by atomic mass is 19.1. The number of nitrogens with zero attached hydrogens (tertiary/aromatic N) is 2. The molecule has 2 atom stereocenters. The highest BCUT2D eigenvalue weighted by molar-refractivity contribution is 5.96. The number of hydrogen-bond acceptors (Lipinski definition) is 8. The van der Waals surface area contributed by atoms with Crippen LogP contribution >= 0.6 is 0 Å². The fourth-order valence-corrected chi connectivity index (χ4v) is 4.31. The molecule has 1 aliphatic heterocycles. The summed E-state index contributed by atoms with van der Waals surface area (Å²) >= 11 is 0. The molecule has 0 spiro atoms. The van der Waals surface area contributed by atoms with Crippen molar-refractivity contribution in [3.8, 4) is 11.1 Å². The van der Waals surface area contributed by atoms with Gasteiger partial charge in [-0.3, -0.25) is 14.6 Å². The van der Waals surface area contributed by atoms with Crippen LogP contribution in [-0.2, 0) is 23.9 Å². The lowest BCUT2D eigenvalue weighted by molar-refractivity contribution is -0.149. The number of carbonyl (C=O) groups is 3. The number of anilines is 1. The number of hydrogen-bond donors (Lipinski definition) is 2. The number of pyridine rings is 1. The average molecular weight is 559 g/mol. The number of carbonyl (C=O) groups excluding carboxylic acids is 3. The van der Waals surface area contributed by atoms with E-state index in [9.17, 15) is 18.8 Å². The lowest BCUT2D eigenvalue weighted by Gasteiger charge is -2.24. The number of allylic oxidation sites excluding steroid dienone is 1. The van der Waals surface area contributed by atoms with Gasteiger partial charge in [0.1, 0.15) is 18.2 Å². The first-order chi connectivity index (χ1) is 19.9. The van der Waals surface area contributed by atoms with Crippen molar-refractivity contribution >= 4 is 29.9 Å². The first-order valence-electron chi connectivity index (χ1n) is 13.2. The van der Waals surface area contributed by atoms with E-state index in [1.54, 1.807) is 55.6 Å². The second kappa shape index (κ2) is 14.0. The van der Waals surface area contributed by atoms with Gasteiger partial charge in [-0.05, 0) is 60.0 Å². The molecule has 9 nitrogen and oxygen atoms in total. The number of halogens is 1. The molecule has 2 unspecified atom stereocenters. The van der Waals surface area contributed by atoms with Gasteiger partial charge in [-0.25, -0.2) is 14.2 Å². The Morgan fingerprint density at radius 1 is 0.976 bits per heavy atom. The molecule has 1 amide bonds. The van der Waals surface area contributed by atoms with E-state index in [0.29, 0.717) is 17.9 Å². The van der Waals surface area contributed by atoms with E-state index in [1.165, 1.54) is 24.4 Å². The second-order valence-electron chi connectivity index (χ2n) is 9.27. The van der Waals surface area contributed by atoms with E-state index in [-0.39, 0.29) is 31.9 Å². The molecule has 10 heteroatoms. The maximum Gasteiger partial charge on any atom is 0.338 e. The number of aromatic nitrogens is 1. The van der Waals surface area contributed by atoms with Crippen LogP contribution in [0.15, 0.2) is 90.1 Å². The molecule has 212 valence electrons. The zero-order valence-electron chi connectivity index (χ0n) is 22.6. The molecule has 4 rings (SSSR count). The van der Waals surface area contributed by atoms with Crippen molar-refractivity contribution in [3.63, 3.8) is 0 Å². The molecule has 41 heavy (non-hydrogen) atoms. The molecule has 1 aliphatic rings. The summed E-state index contributed by atoms with van der Waals surface area (Å²) in [5.41, 5.74) is 0.834. The minimum Gasteiger partial charge on any atom is -0.466 e. The van der Waals surface area contributed by atoms with E-state index >= 15 is 0 Å². The van der Waals surface area contributed by atoms with Crippen molar-refractivity contribution < 1.29 is 28.2 Å². The molecule has 0 bridgehead atoms. The van der Waals surface area contributed by atoms with Crippen molar-refractivity contribution in [3.05, 3.63) is 96.5 Å². The Morgan fingerprint density at radius 3 is 2.34 bits per heavy atom. The standard InChI is InChI=1S/C31H31FN4O5/c1-2-40-29(38)20-26(24-9-7-22(8-10-24)23-11-13-25(32)14-12-23)36-28(37)21-31(15-5-17-35-31)30(39)41-19-18-34-27-6-3-4-16-33-27/h3-17,26H,2,18-21H2,1H3,(H,33,34)(H,36,37). The highest BCUT2D eigenvalue weighted by Crippen LogP contribution is 2.27. The number of amides is 1. The number of aliphatic imine (C=N–C) groups is 1. The molecule has 0 saturated heterocycles. The molecular formula is C31H31FN4O5. The molecule has 0 saturated carbocycles. The first-order valence-corrected chi connectivity index (χ1v) is 13.2. The average Bonchev–Trinajstić information content (AvgIpc) is 3.45. The SMILES string of the molecule is CCOC(=O)CC(NC(=O)CC1(C(=O)OCCNc2ccccn2)C=CC=N1)c1ccc(-c2ccc(F)cc2)cc1. The summed E-state index contributed by atoms with van der Waals surface area (Å²) in [7, 11) is 0. The summed E-state index contributed by atoms with van der Waals surface area (Å²) in [4.78, 5) is 47.0. The van der Waals surface area contributed by atoms with Gasteiger partial charge in [-0.1, -0.05) is 42.5 Å². The molecule has 3 aromatic rings. The normalized spacial score (nSPS) is 16.1. The van der Waals surface area contributed by atoms with Crippen LogP contribution in [0.1, 0.15) is 31.4 Å². The predicted molar refractivity (Wildman–Crippen MR) is 153 cm³/mol. The number of nitrogens with one attached hydrogen (secondary N) is 2. The van der Waals surface area contributed by atoms with Crippen LogP contribution in [0.25, 0.3) is 11.1 Å². The van der Waals surface area contributed by atoms with Gasteiger partial charge in [-0.2, -0.15) is 0 Å². The molecular weight excluding hydrogens is 527 g/mol. The second-order valence-corrected chi connectivity index (χ2v) is 9.27. The van der Waals surface area contributed by atoms with Crippen molar-refractivity contribution in [1.29, 1.82) is 0 Å². The maximum absolute atomic E-state index is 13.3. The third kappa shape index (κ3) is 8.07. The van der Waals surface area contributed by atoms with Crippen LogP contribution in [-0.4, -0.2) is 54.3 Å². The highest BCUT2D eigenvalue weighted by Gasteiger charge is 2.41. The Labute approximate surface area is 237 Å². The topological polar surface area (TPSA) is 119 Å². The summed E-state index contributed by atoms with van der Waals surface area (Å²) in [5.74, 6) is -1.31. The van der Waals surface area contributed by atoms with E-state index in [1.807, 2.05) is 18.2 Å². The Balaban J connectivity index is 1.41. The van der Waals surface area contributed by atoms with Gasteiger partial charge < -0.3 is 20.1 Å². The predicted octanol–water partition coefficient (Wildman–Crippen LogP) is 4.42. The van der Waals surface area contributed by atoms with Crippen molar-refractivity contribution in [2.45, 2.75) is 31.3 Å². The third-order valence-electron chi connectivity index (χ3n) is 6.35. The van der Waals surface area contributed by atoms with Crippen LogP contribution in [0.5, 0.6) is 0 Å². The van der Waals surface area contributed by atoms with Gasteiger partial charge in [0, 0.05) is 12.4 Å². The Hall–Kier alpha value is -4.86. The van der Waals surface area contributed by atoms with Gasteiger partial charge in [0.2, 0.25) is 5.91 Å². The minimum absolute atomic E-state index is 0.0496. The number of rotatable bonds is 13. The summed E-state index contributed by atoms with van der Waals surface area (Å²) in [6.07, 6.45) is 5.80. The van der Waals surface area contributed by atoms with Crippen LogP contribution in [0.4, 0.5) is 10.2 Å². The van der Waals surface area contributed by atoms with Gasteiger partial charge in [-0.15, -0.1) is 0 Å². The Morgan fingerprint density at radius 2 is 1.71 bits per heavy atom.